The number of rotatable bonds is 3. The van der Waals surface area contributed by atoms with Crippen molar-refractivity contribution in [3.8, 4) is 5.88 Å². The molecule has 16 heavy (non-hydrogen) atoms. The van der Waals surface area contributed by atoms with E-state index < -0.39 is 0 Å². The number of ether oxygens (including phenoxy) is 1. The summed E-state index contributed by atoms with van der Waals surface area (Å²) in [7, 11) is 0. The largest absolute Gasteiger partial charge is 0.471 e. The molecule has 3 nitrogen and oxygen atoms in total. The first-order valence-corrected chi connectivity index (χ1v) is 5.76. The van der Waals surface area contributed by atoms with Gasteiger partial charge in [-0.25, -0.2) is 9.97 Å². The Morgan fingerprint density at radius 1 is 1.12 bits per heavy atom. The third-order valence-electron chi connectivity index (χ3n) is 1.91. The lowest BCUT2D eigenvalue weighted by molar-refractivity contribution is 0.292. The summed E-state index contributed by atoms with van der Waals surface area (Å²) in [6.07, 6.45) is 3.07. The summed E-state index contributed by atoms with van der Waals surface area (Å²) in [5, 5.41) is 0.277. The van der Waals surface area contributed by atoms with Crippen LogP contribution >= 0.6 is 27.5 Å². The zero-order chi connectivity index (χ0) is 11.4. The van der Waals surface area contributed by atoms with Gasteiger partial charge in [-0.2, -0.15) is 0 Å². The van der Waals surface area contributed by atoms with Gasteiger partial charge < -0.3 is 4.74 Å². The van der Waals surface area contributed by atoms with Gasteiger partial charge in [0.15, 0.2) is 5.15 Å². The molecule has 0 aliphatic rings. The Kier molecular flexibility index (Phi) is 3.74. The molecule has 0 saturated heterocycles. The number of nitrogens with zero attached hydrogens (tertiary/aromatic N) is 2. The van der Waals surface area contributed by atoms with Crippen LogP contribution in [0.3, 0.4) is 0 Å². The van der Waals surface area contributed by atoms with Gasteiger partial charge in [-0.3, -0.25) is 0 Å². The molecule has 0 radical (unpaired) electrons. The lowest BCUT2D eigenvalue weighted by atomic mass is 10.2. The van der Waals surface area contributed by atoms with Crippen molar-refractivity contribution in [2.45, 2.75) is 6.61 Å². The third-order valence-corrected chi connectivity index (χ3v) is 2.70. The molecule has 0 unspecified atom stereocenters. The van der Waals surface area contributed by atoms with Gasteiger partial charge in [0.05, 0.1) is 0 Å². The Bertz CT molecular complexity index is 476. The van der Waals surface area contributed by atoms with Gasteiger partial charge in [0.1, 0.15) is 6.61 Å². The van der Waals surface area contributed by atoms with Gasteiger partial charge in [-0.15, -0.1) is 0 Å². The van der Waals surface area contributed by atoms with E-state index in [0.29, 0.717) is 12.5 Å². The van der Waals surface area contributed by atoms with E-state index in [2.05, 4.69) is 25.9 Å². The van der Waals surface area contributed by atoms with Gasteiger partial charge in [0.25, 0.3) is 5.88 Å². The molecule has 2 aromatic rings. The quantitative estimate of drug-likeness (QED) is 0.870. The van der Waals surface area contributed by atoms with Crippen molar-refractivity contribution < 1.29 is 4.74 Å². The highest BCUT2D eigenvalue weighted by Crippen LogP contribution is 2.18. The molecule has 0 saturated carbocycles. The second-order valence-corrected chi connectivity index (χ2v) is 4.34. The molecule has 1 heterocycles. The normalized spacial score (nSPS) is 10.1. The van der Waals surface area contributed by atoms with Crippen LogP contribution in [0.15, 0.2) is 41.1 Å². The highest BCUT2D eigenvalue weighted by molar-refractivity contribution is 9.10. The minimum absolute atomic E-state index is 0.277. The van der Waals surface area contributed by atoms with Crippen LogP contribution in [0.2, 0.25) is 5.15 Å². The molecule has 0 fully saturated rings. The number of hydrogen-bond acceptors (Lipinski definition) is 3. The van der Waals surface area contributed by atoms with E-state index in [9.17, 15) is 0 Å². The van der Waals surface area contributed by atoms with Gasteiger partial charge in [-0.1, -0.05) is 39.7 Å². The van der Waals surface area contributed by atoms with Gasteiger partial charge >= 0.3 is 0 Å². The van der Waals surface area contributed by atoms with E-state index in [1.807, 2.05) is 24.3 Å². The molecule has 0 N–H and O–H groups in total. The molecule has 0 aliphatic heterocycles. The van der Waals surface area contributed by atoms with Crippen molar-refractivity contribution in [1.82, 2.24) is 9.97 Å². The molecule has 0 bridgehead atoms. The summed E-state index contributed by atoms with van der Waals surface area (Å²) in [5.41, 5.74) is 1.05. The van der Waals surface area contributed by atoms with Crippen molar-refractivity contribution in [2.24, 2.45) is 0 Å². The molecule has 0 aliphatic carbocycles. The fourth-order valence-electron chi connectivity index (χ4n) is 1.14. The average molecular weight is 300 g/mol. The SMILES string of the molecule is Clc1nccnc1OCc1ccc(Br)cc1. The standard InChI is InChI=1S/C11H8BrClN2O/c12-9-3-1-8(2-4-9)7-16-11-10(13)14-5-6-15-11/h1-6H,7H2. The van der Waals surface area contributed by atoms with Crippen LogP contribution in [-0.4, -0.2) is 9.97 Å². The topological polar surface area (TPSA) is 35.0 Å². The average Bonchev–Trinajstić information content (AvgIpc) is 2.30. The van der Waals surface area contributed by atoms with E-state index in [1.54, 1.807) is 6.20 Å². The maximum Gasteiger partial charge on any atom is 0.252 e. The predicted octanol–water partition coefficient (Wildman–Crippen LogP) is 3.47. The van der Waals surface area contributed by atoms with E-state index in [-0.39, 0.29) is 5.15 Å². The number of benzene rings is 1. The van der Waals surface area contributed by atoms with Crippen molar-refractivity contribution in [3.63, 3.8) is 0 Å². The second-order valence-electron chi connectivity index (χ2n) is 3.07. The molecular weight excluding hydrogens is 291 g/mol. The summed E-state index contributed by atoms with van der Waals surface area (Å²) < 4.78 is 6.48. The fourth-order valence-corrected chi connectivity index (χ4v) is 1.56. The zero-order valence-electron chi connectivity index (χ0n) is 8.23. The maximum absolute atomic E-state index is 5.81. The second kappa shape index (κ2) is 5.27. The highest BCUT2D eigenvalue weighted by Gasteiger charge is 2.03. The van der Waals surface area contributed by atoms with Gasteiger partial charge in [-0.05, 0) is 17.7 Å². The molecule has 2 rings (SSSR count). The Morgan fingerprint density at radius 3 is 2.50 bits per heavy atom. The van der Waals surface area contributed by atoms with Crippen molar-refractivity contribution >= 4 is 27.5 Å². The van der Waals surface area contributed by atoms with E-state index in [4.69, 9.17) is 16.3 Å². The molecular formula is C11H8BrClN2O. The number of aromatic nitrogens is 2. The first-order chi connectivity index (χ1) is 7.75. The highest BCUT2D eigenvalue weighted by atomic mass is 79.9. The fraction of sp³-hybridized carbons (Fsp3) is 0.0909. The first-order valence-electron chi connectivity index (χ1n) is 4.59. The third kappa shape index (κ3) is 2.93. The Labute approximate surface area is 107 Å². The molecule has 0 spiro atoms. The summed E-state index contributed by atoms with van der Waals surface area (Å²) in [5.74, 6) is 0.354. The first kappa shape index (κ1) is 11.4. The predicted molar refractivity (Wildman–Crippen MR) is 65.5 cm³/mol. The smallest absolute Gasteiger partial charge is 0.252 e. The monoisotopic (exact) mass is 298 g/mol. The minimum Gasteiger partial charge on any atom is -0.471 e. The van der Waals surface area contributed by atoms with Crippen LogP contribution in [0.25, 0.3) is 0 Å². The molecule has 1 aromatic carbocycles. The molecule has 5 heteroatoms. The van der Waals surface area contributed by atoms with Crippen LogP contribution in [-0.2, 0) is 6.61 Å². The lowest BCUT2D eigenvalue weighted by Crippen LogP contribution is -1.98. The summed E-state index contributed by atoms with van der Waals surface area (Å²) in [4.78, 5) is 7.86. The van der Waals surface area contributed by atoms with Crippen LogP contribution in [0, 0.1) is 0 Å². The summed E-state index contributed by atoms with van der Waals surface area (Å²) >= 11 is 9.18. The number of hydrogen-bond donors (Lipinski definition) is 0. The van der Waals surface area contributed by atoms with Crippen LogP contribution in [0.1, 0.15) is 5.56 Å². The van der Waals surface area contributed by atoms with E-state index in [1.165, 1.54) is 6.20 Å². The van der Waals surface area contributed by atoms with Crippen molar-refractivity contribution in [1.29, 1.82) is 0 Å². The van der Waals surface area contributed by atoms with Gasteiger partial charge in [0, 0.05) is 16.9 Å². The summed E-state index contributed by atoms with van der Waals surface area (Å²) in [6.45, 7) is 0.422. The molecule has 0 amide bonds. The zero-order valence-corrected chi connectivity index (χ0v) is 10.6. The molecule has 0 atom stereocenters. The minimum atomic E-state index is 0.277. The van der Waals surface area contributed by atoms with Crippen LogP contribution in [0.5, 0.6) is 5.88 Å². The van der Waals surface area contributed by atoms with Crippen molar-refractivity contribution in [3.05, 3.63) is 51.8 Å². The lowest BCUT2D eigenvalue weighted by Gasteiger charge is -2.05. The number of halogens is 2. The van der Waals surface area contributed by atoms with E-state index >= 15 is 0 Å². The Hall–Kier alpha value is -1.13. The van der Waals surface area contributed by atoms with Gasteiger partial charge in [0.2, 0.25) is 0 Å². The Morgan fingerprint density at radius 2 is 1.81 bits per heavy atom. The molecule has 82 valence electrons. The Balaban J connectivity index is 2.02. The van der Waals surface area contributed by atoms with Crippen molar-refractivity contribution in [2.75, 3.05) is 0 Å². The van der Waals surface area contributed by atoms with Crippen LogP contribution in [0.4, 0.5) is 0 Å². The molecule has 1 aromatic heterocycles. The maximum atomic E-state index is 5.81. The van der Waals surface area contributed by atoms with E-state index in [0.717, 1.165) is 10.0 Å². The summed E-state index contributed by atoms with van der Waals surface area (Å²) in [6, 6.07) is 7.84. The van der Waals surface area contributed by atoms with Crippen LogP contribution < -0.4 is 4.74 Å².